The number of unbranched alkanes of at least 4 members (excludes halogenated alkanes) is 1. The van der Waals surface area contributed by atoms with Crippen molar-refractivity contribution in [1.82, 2.24) is 5.43 Å². The van der Waals surface area contributed by atoms with Crippen molar-refractivity contribution in [2.75, 3.05) is 6.54 Å². The Hall–Kier alpha value is -0.600. The molecule has 0 rings (SSSR count). The molecule has 2 nitrogen and oxygen atoms in total. The van der Waals surface area contributed by atoms with E-state index in [1.807, 2.05) is 6.08 Å². The Morgan fingerprint density at radius 3 is 2.69 bits per heavy atom. The number of hydrazine groups is 1. The van der Waals surface area contributed by atoms with Gasteiger partial charge in [0, 0.05) is 6.54 Å². The molecule has 0 aliphatic rings. The van der Waals surface area contributed by atoms with Gasteiger partial charge in [-0.15, -0.1) is 6.58 Å². The molecule has 0 aromatic rings. The van der Waals surface area contributed by atoms with Crippen LogP contribution in [0.5, 0.6) is 0 Å². The molecule has 76 valence electrons. The quantitative estimate of drug-likeness (QED) is 0.262. The summed E-state index contributed by atoms with van der Waals surface area (Å²) >= 11 is 0. The zero-order valence-electron chi connectivity index (χ0n) is 8.63. The summed E-state index contributed by atoms with van der Waals surface area (Å²) in [5.41, 5.74) is 2.72. The van der Waals surface area contributed by atoms with Crippen molar-refractivity contribution in [3.05, 3.63) is 24.8 Å². The van der Waals surface area contributed by atoms with Crippen LogP contribution in [0.3, 0.4) is 0 Å². The molecule has 0 aliphatic heterocycles. The molecular weight excluding hydrogens is 160 g/mol. The van der Waals surface area contributed by atoms with E-state index in [9.17, 15) is 0 Å². The van der Waals surface area contributed by atoms with Gasteiger partial charge in [-0.2, -0.15) is 0 Å². The van der Waals surface area contributed by atoms with Crippen LogP contribution in [0.15, 0.2) is 24.8 Å². The molecule has 0 spiro atoms. The number of hydrogen-bond donors (Lipinski definition) is 2. The van der Waals surface area contributed by atoms with Crippen molar-refractivity contribution < 1.29 is 0 Å². The summed E-state index contributed by atoms with van der Waals surface area (Å²) in [6.45, 7) is 6.78. The zero-order chi connectivity index (χ0) is 9.94. The predicted octanol–water partition coefficient (Wildman–Crippen LogP) is 2.39. The van der Waals surface area contributed by atoms with E-state index >= 15 is 0 Å². The number of hydrogen-bond acceptors (Lipinski definition) is 2. The van der Waals surface area contributed by atoms with E-state index in [4.69, 9.17) is 5.84 Å². The average molecular weight is 182 g/mol. The Balaban J connectivity index is 3.45. The van der Waals surface area contributed by atoms with Gasteiger partial charge in [0.25, 0.3) is 0 Å². The predicted molar refractivity (Wildman–Crippen MR) is 59.2 cm³/mol. The van der Waals surface area contributed by atoms with Gasteiger partial charge < -0.3 is 0 Å². The van der Waals surface area contributed by atoms with E-state index in [1.54, 1.807) is 0 Å². The number of nitrogens with two attached hydrogens (primary N) is 1. The second-order valence-corrected chi connectivity index (χ2v) is 3.26. The van der Waals surface area contributed by atoms with Crippen LogP contribution in [0, 0.1) is 5.92 Å². The van der Waals surface area contributed by atoms with Gasteiger partial charge in [-0.05, 0) is 25.2 Å². The molecule has 0 fully saturated rings. The van der Waals surface area contributed by atoms with Crippen LogP contribution in [-0.2, 0) is 0 Å². The van der Waals surface area contributed by atoms with Crippen LogP contribution in [0.1, 0.15) is 32.6 Å². The first-order chi connectivity index (χ1) is 6.35. The summed E-state index contributed by atoms with van der Waals surface area (Å²) in [7, 11) is 0. The lowest BCUT2D eigenvalue weighted by Crippen LogP contribution is -2.28. The molecule has 1 atom stereocenters. The summed E-state index contributed by atoms with van der Waals surface area (Å²) < 4.78 is 0. The molecule has 0 saturated heterocycles. The molecule has 0 radical (unpaired) electrons. The molecular formula is C11H22N2. The third-order valence-electron chi connectivity index (χ3n) is 2.16. The van der Waals surface area contributed by atoms with Gasteiger partial charge in [-0.1, -0.05) is 31.6 Å². The Kier molecular flexibility index (Phi) is 9.05. The Morgan fingerprint density at radius 1 is 1.38 bits per heavy atom. The van der Waals surface area contributed by atoms with Crippen LogP contribution in [0.25, 0.3) is 0 Å². The number of allylic oxidation sites excluding steroid dienone is 3. The monoisotopic (exact) mass is 182 g/mol. The molecule has 0 amide bonds. The molecule has 0 heterocycles. The SMILES string of the molecule is C=CCCC=CCC(CC)CNN. The zero-order valence-corrected chi connectivity index (χ0v) is 8.63. The van der Waals surface area contributed by atoms with Crippen LogP contribution in [-0.4, -0.2) is 6.54 Å². The molecule has 2 heteroatoms. The van der Waals surface area contributed by atoms with E-state index in [-0.39, 0.29) is 0 Å². The number of rotatable bonds is 8. The lowest BCUT2D eigenvalue weighted by molar-refractivity contribution is 0.474. The first kappa shape index (κ1) is 12.4. The minimum atomic E-state index is 0.671. The molecule has 0 bridgehead atoms. The normalized spacial score (nSPS) is 13.4. The molecule has 3 N–H and O–H groups in total. The second kappa shape index (κ2) is 9.49. The van der Waals surface area contributed by atoms with E-state index in [0.29, 0.717) is 5.92 Å². The van der Waals surface area contributed by atoms with E-state index in [1.165, 1.54) is 6.42 Å². The first-order valence-corrected chi connectivity index (χ1v) is 5.04. The lowest BCUT2D eigenvalue weighted by atomic mass is 10.0. The van der Waals surface area contributed by atoms with Crippen molar-refractivity contribution in [2.24, 2.45) is 11.8 Å². The van der Waals surface area contributed by atoms with Crippen LogP contribution < -0.4 is 11.3 Å². The fourth-order valence-electron chi connectivity index (χ4n) is 1.18. The minimum Gasteiger partial charge on any atom is -0.271 e. The molecule has 0 aliphatic carbocycles. The molecule has 13 heavy (non-hydrogen) atoms. The fraction of sp³-hybridized carbons (Fsp3) is 0.636. The van der Waals surface area contributed by atoms with Gasteiger partial charge >= 0.3 is 0 Å². The fourth-order valence-corrected chi connectivity index (χ4v) is 1.18. The molecule has 0 saturated carbocycles. The Labute approximate surface area is 81.9 Å². The maximum absolute atomic E-state index is 5.27. The summed E-state index contributed by atoms with van der Waals surface area (Å²) in [5.74, 6) is 5.94. The van der Waals surface area contributed by atoms with Crippen molar-refractivity contribution >= 4 is 0 Å². The summed E-state index contributed by atoms with van der Waals surface area (Å²) in [6, 6.07) is 0. The largest absolute Gasteiger partial charge is 0.271 e. The third kappa shape index (κ3) is 7.75. The van der Waals surface area contributed by atoms with Gasteiger partial charge in [0.2, 0.25) is 0 Å². The molecule has 1 unspecified atom stereocenters. The van der Waals surface area contributed by atoms with Crippen LogP contribution >= 0.6 is 0 Å². The van der Waals surface area contributed by atoms with Crippen molar-refractivity contribution in [3.63, 3.8) is 0 Å². The maximum Gasteiger partial charge on any atom is 0.0129 e. The highest BCUT2D eigenvalue weighted by Crippen LogP contribution is 2.07. The highest BCUT2D eigenvalue weighted by Gasteiger charge is 2.00. The lowest BCUT2D eigenvalue weighted by Gasteiger charge is -2.10. The second-order valence-electron chi connectivity index (χ2n) is 3.26. The summed E-state index contributed by atoms with van der Waals surface area (Å²) in [5, 5.41) is 0. The van der Waals surface area contributed by atoms with Crippen molar-refractivity contribution in [3.8, 4) is 0 Å². The standard InChI is InChI=1S/C11H22N2/c1-3-5-6-7-8-9-11(4-2)10-13-12/h3,7-8,11,13H,1,4-6,9-10,12H2,2H3. The average Bonchev–Trinajstić information content (AvgIpc) is 2.16. The van der Waals surface area contributed by atoms with Gasteiger partial charge in [0.1, 0.15) is 0 Å². The minimum absolute atomic E-state index is 0.671. The number of nitrogens with one attached hydrogen (secondary N) is 1. The Morgan fingerprint density at radius 2 is 2.15 bits per heavy atom. The third-order valence-corrected chi connectivity index (χ3v) is 2.16. The highest BCUT2D eigenvalue weighted by molar-refractivity contribution is 4.86. The summed E-state index contributed by atoms with van der Waals surface area (Å²) in [6.07, 6.45) is 10.9. The van der Waals surface area contributed by atoms with E-state index in [2.05, 4.69) is 31.1 Å². The maximum atomic E-state index is 5.27. The van der Waals surface area contributed by atoms with Gasteiger partial charge in [0.05, 0.1) is 0 Å². The van der Waals surface area contributed by atoms with Gasteiger partial charge in [0.15, 0.2) is 0 Å². The van der Waals surface area contributed by atoms with Gasteiger partial charge in [-0.3, -0.25) is 11.3 Å². The highest BCUT2D eigenvalue weighted by atomic mass is 15.2. The van der Waals surface area contributed by atoms with E-state index < -0.39 is 0 Å². The summed E-state index contributed by atoms with van der Waals surface area (Å²) in [4.78, 5) is 0. The topological polar surface area (TPSA) is 38.0 Å². The van der Waals surface area contributed by atoms with Crippen molar-refractivity contribution in [1.29, 1.82) is 0 Å². The van der Waals surface area contributed by atoms with E-state index in [0.717, 1.165) is 25.8 Å². The van der Waals surface area contributed by atoms with Crippen LogP contribution in [0.4, 0.5) is 0 Å². The molecule has 0 aromatic carbocycles. The first-order valence-electron chi connectivity index (χ1n) is 5.04. The van der Waals surface area contributed by atoms with Crippen molar-refractivity contribution in [2.45, 2.75) is 32.6 Å². The van der Waals surface area contributed by atoms with Crippen LogP contribution in [0.2, 0.25) is 0 Å². The van der Waals surface area contributed by atoms with Gasteiger partial charge in [-0.25, -0.2) is 0 Å². The Bertz CT molecular complexity index is 141. The molecule has 0 aromatic heterocycles. The smallest absolute Gasteiger partial charge is 0.0129 e.